The number of hydrogen-bond acceptors (Lipinski definition) is 5. The Bertz CT molecular complexity index is 1470. The highest BCUT2D eigenvalue weighted by atomic mass is 16.5. The van der Waals surface area contributed by atoms with Crippen LogP contribution in [0.3, 0.4) is 0 Å². The van der Waals surface area contributed by atoms with Crippen molar-refractivity contribution >= 4 is 17.6 Å². The molecule has 1 heterocycles. The molecular weight excluding hydrogens is 480 g/mol. The van der Waals surface area contributed by atoms with Crippen LogP contribution in [0.5, 0.6) is 11.5 Å². The summed E-state index contributed by atoms with van der Waals surface area (Å²) in [7, 11) is 1.61. The molecule has 1 saturated carbocycles. The first-order chi connectivity index (χ1) is 18.4. The first-order valence-corrected chi connectivity index (χ1v) is 12.6. The Balaban J connectivity index is 1.39. The highest BCUT2D eigenvalue weighted by molar-refractivity contribution is 6.05. The first-order valence-electron chi connectivity index (χ1n) is 12.6. The highest BCUT2D eigenvalue weighted by Gasteiger charge is 2.27. The number of hydrogen-bond donors (Lipinski definition) is 3. The van der Waals surface area contributed by atoms with Gasteiger partial charge < -0.3 is 20.5 Å². The molecule has 0 bridgehead atoms. The number of phenols is 1. The van der Waals surface area contributed by atoms with E-state index in [1.54, 1.807) is 25.3 Å². The van der Waals surface area contributed by atoms with Gasteiger partial charge in [-0.2, -0.15) is 9.78 Å². The topological polar surface area (TPSA) is 105 Å². The minimum atomic E-state index is -0.336. The molecule has 8 nitrogen and oxygen atoms in total. The molecule has 0 unspecified atom stereocenters. The third-order valence-electron chi connectivity index (χ3n) is 6.98. The van der Waals surface area contributed by atoms with Gasteiger partial charge in [0.05, 0.1) is 18.5 Å². The van der Waals surface area contributed by atoms with Gasteiger partial charge in [-0.1, -0.05) is 36.8 Å². The standard InChI is InChI=1S/C30H30N4O4/c1-19-6-3-4-9-24(19)29(36)32-22-12-15-28(35)25(16-22)26-17-27(21-7-5-8-21)34(33-26)30(37)31-18-20-10-13-23(38-2)14-11-20/h3-4,6,9-17,21,35H,5,7-8,18H2,1-2H3,(H,31,37)(H,32,36). The number of carbonyl (C=O) groups is 2. The average molecular weight is 511 g/mol. The largest absolute Gasteiger partial charge is 0.507 e. The van der Waals surface area contributed by atoms with Crippen molar-refractivity contribution in [2.45, 2.75) is 38.6 Å². The number of carbonyl (C=O) groups excluding carboxylic acids is 2. The molecule has 38 heavy (non-hydrogen) atoms. The van der Waals surface area contributed by atoms with Crippen molar-refractivity contribution in [2.24, 2.45) is 0 Å². The van der Waals surface area contributed by atoms with E-state index in [-0.39, 0.29) is 23.6 Å². The molecule has 3 aromatic carbocycles. The summed E-state index contributed by atoms with van der Waals surface area (Å²) in [6, 6.07) is 21.2. The number of anilines is 1. The van der Waals surface area contributed by atoms with Crippen LogP contribution in [0, 0.1) is 6.92 Å². The summed E-state index contributed by atoms with van der Waals surface area (Å²) in [6.07, 6.45) is 3.06. The third kappa shape index (κ3) is 5.25. The molecule has 1 aromatic heterocycles. The maximum absolute atomic E-state index is 13.2. The van der Waals surface area contributed by atoms with E-state index in [2.05, 4.69) is 15.7 Å². The minimum absolute atomic E-state index is 0.0161. The van der Waals surface area contributed by atoms with Gasteiger partial charge in [-0.05, 0) is 73.4 Å². The fourth-order valence-electron chi connectivity index (χ4n) is 4.53. The number of aryl methyl sites for hydroxylation is 1. The fraction of sp³-hybridized carbons (Fsp3) is 0.233. The second-order valence-corrected chi connectivity index (χ2v) is 9.50. The van der Waals surface area contributed by atoms with Gasteiger partial charge in [0.25, 0.3) is 5.91 Å². The maximum atomic E-state index is 13.2. The van der Waals surface area contributed by atoms with Crippen LogP contribution in [0.1, 0.15) is 52.4 Å². The number of benzene rings is 3. The van der Waals surface area contributed by atoms with Crippen molar-refractivity contribution in [3.63, 3.8) is 0 Å². The van der Waals surface area contributed by atoms with Crippen molar-refractivity contribution in [1.82, 2.24) is 15.1 Å². The number of nitrogens with zero attached hydrogens (tertiary/aromatic N) is 2. The lowest BCUT2D eigenvalue weighted by molar-refractivity contribution is 0.102. The van der Waals surface area contributed by atoms with Crippen molar-refractivity contribution in [3.05, 3.63) is 95.2 Å². The van der Waals surface area contributed by atoms with Gasteiger partial charge in [-0.3, -0.25) is 4.79 Å². The molecule has 1 aliphatic carbocycles. The first kappa shape index (κ1) is 25.1. The summed E-state index contributed by atoms with van der Waals surface area (Å²) in [6.45, 7) is 2.22. The Morgan fingerprint density at radius 1 is 1.05 bits per heavy atom. The van der Waals surface area contributed by atoms with Crippen molar-refractivity contribution in [2.75, 3.05) is 12.4 Å². The Morgan fingerprint density at radius 3 is 2.50 bits per heavy atom. The summed E-state index contributed by atoms with van der Waals surface area (Å²) >= 11 is 0. The van der Waals surface area contributed by atoms with Crippen LogP contribution in [0.2, 0.25) is 0 Å². The highest BCUT2D eigenvalue weighted by Crippen LogP contribution is 2.39. The molecule has 0 radical (unpaired) electrons. The van der Waals surface area contributed by atoms with Gasteiger partial charge >= 0.3 is 6.03 Å². The van der Waals surface area contributed by atoms with Crippen LogP contribution in [0.4, 0.5) is 10.5 Å². The summed E-state index contributed by atoms with van der Waals surface area (Å²) < 4.78 is 6.60. The average Bonchev–Trinajstić information content (AvgIpc) is 3.32. The van der Waals surface area contributed by atoms with E-state index < -0.39 is 0 Å². The van der Waals surface area contributed by atoms with Crippen LogP contribution >= 0.6 is 0 Å². The Labute approximate surface area is 221 Å². The third-order valence-corrected chi connectivity index (χ3v) is 6.98. The van der Waals surface area contributed by atoms with E-state index in [9.17, 15) is 14.7 Å². The van der Waals surface area contributed by atoms with Gasteiger partial charge in [0.1, 0.15) is 11.5 Å². The van der Waals surface area contributed by atoms with Gasteiger partial charge in [0.2, 0.25) is 0 Å². The van der Waals surface area contributed by atoms with E-state index in [1.165, 1.54) is 10.7 Å². The predicted molar refractivity (Wildman–Crippen MR) is 146 cm³/mol. The van der Waals surface area contributed by atoms with E-state index in [0.717, 1.165) is 41.8 Å². The van der Waals surface area contributed by atoms with Crippen molar-refractivity contribution in [1.29, 1.82) is 0 Å². The monoisotopic (exact) mass is 510 g/mol. The zero-order valence-corrected chi connectivity index (χ0v) is 21.4. The van der Waals surface area contributed by atoms with E-state index in [1.807, 2.05) is 55.5 Å². The second-order valence-electron chi connectivity index (χ2n) is 9.50. The van der Waals surface area contributed by atoms with E-state index in [4.69, 9.17) is 4.74 Å². The number of phenolic OH excluding ortho intramolecular Hbond substituents is 1. The lowest BCUT2D eigenvalue weighted by Gasteiger charge is -2.25. The SMILES string of the molecule is COc1ccc(CNC(=O)n2nc(-c3cc(NC(=O)c4ccccc4C)ccc3O)cc2C2CCC2)cc1. The number of nitrogens with one attached hydrogen (secondary N) is 2. The predicted octanol–water partition coefficient (Wildman–Crippen LogP) is 5.85. The number of methoxy groups -OCH3 is 1. The summed E-state index contributed by atoms with van der Waals surface area (Å²) in [4.78, 5) is 26.0. The molecule has 0 aliphatic heterocycles. The molecule has 2 amide bonds. The fourth-order valence-corrected chi connectivity index (χ4v) is 4.53. The molecule has 0 atom stereocenters. The molecule has 1 aliphatic rings. The zero-order chi connectivity index (χ0) is 26.6. The van der Waals surface area contributed by atoms with Gasteiger partial charge in [-0.25, -0.2) is 4.79 Å². The number of amides is 2. The van der Waals surface area contributed by atoms with Crippen LogP contribution in [0.15, 0.2) is 72.8 Å². The Hall–Kier alpha value is -4.59. The van der Waals surface area contributed by atoms with Crippen molar-refractivity contribution in [3.8, 4) is 22.8 Å². The summed E-state index contributed by atoms with van der Waals surface area (Å²) in [5.74, 6) is 0.760. The van der Waals surface area contributed by atoms with Crippen LogP contribution in [-0.2, 0) is 6.54 Å². The number of aromatic hydroxyl groups is 1. The van der Waals surface area contributed by atoms with Crippen LogP contribution in [0.25, 0.3) is 11.3 Å². The molecule has 5 rings (SSSR count). The quantitative estimate of drug-likeness (QED) is 0.271. The van der Waals surface area contributed by atoms with Crippen LogP contribution in [-0.4, -0.2) is 33.9 Å². The van der Waals surface area contributed by atoms with Gasteiger partial charge in [-0.15, -0.1) is 0 Å². The maximum Gasteiger partial charge on any atom is 0.342 e. The van der Waals surface area contributed by atoms with E-state index in [0.29, 0.717) is 29.1 Å². The summed E-state index contributed by atoms with van der Waals surface area (Å²) in [5.41, 5.74) is 4.63. The Kier molecular flexibility index (Phi) is 7.13. The molecule has 8 heteroatoms. The smallest absolute Gasteiger partial charge is 0.342 e. The molecule has 4 aromatic rings. The summed E-state index contributed by atoms with van der Waals surface area (Å²) in [5, 5.41) is 21.1. The lowest BCUT2D eigenvalue weighted by Crippen LogP contribution is -2.31. The zero-order valence-electron chi connectivity index (χ0n) is 21.4. The van der Waals surface area contributed by atoms with Crippen molar-refractivity contribution < 1.29 is 19.4 Å². The molecule has 1 fully saturated rings. The second kappa shape index (κ2) is 10.8. The number of ether oxygens (including phenoxy) is 1. The van der Waals surface area contributed by atoms with E-state index >= 15 is 0 Å². The molecule has 194 valence electrons. The van der Waals surface area contributed by atoms with Gasteiger partial charge in [0.15, 0.2) is 0 Å². The minimum Gasteiger partial charge on any atom is -0.507 e. The Morgan fingerprint density at radius 2 is 1.82 bits per heavy atom. The molecule has 0 spiro atoms. The lowest BCUT2D eigenvalue weighted by atomic mass is 9.82. The normalized spacial score (nSPS) is 13.0. The molecular formula is C30H30N4O4. The molecule has 0 saturated heterocycles. The van der Waals surface area contributed by atoms with Crippen LogP contribution < -0.4 is 15.4 Å². The number of rotatable bonds is 7. The molecule has 3 N–H and O–H groups in total. The van der Waals surface area contributed by atoms with Gasteiger partial charge in [0, 0.05) is 29.3 Å². The number of aromatic nitrogens is 2.